The average Bonchev–Trinajstić information content (AvgIpc) is 3.14. The predicted octanol–water partition coefficient (Wildman–Crippen LogP) is 1.92. The van der Waals surface area contributed by atoms with Crippen LogP contribution in [0.3, 0.4) is 0 Å². The Kier molecular flexibility index (Phi) is 5.65. The lowest BCUT2D eigenvalue weighted by Gasteiger charge is -2.26. The lowest BCUT2D eigenvalue weighted by molar-refractivity contribution is -0.384. The van der Waals surface area contributed by atoms with Crippen molar-refractivity contribution in [2.45, 2.75) is 27.0 Å². The van der Waals surface area contributed by atoms with Gasteiger partial charge in [0, 0.05) is 12.1 Å². The van der Waals surface area contributed by atoms with Gasteiger partial charge in [-0.3, -0.25) is 19.7 Å². The van der Waals surface area contributed by atoms with Crippen molar-refractivity contribution >= 4 is 17.4 Å². The summed E-state index contributed by atoms with van der Waals surface area (Å²) < 4.78 is 11.8. The topological polar surface area (TPSA) is 126 Å². The Balaban J connectivity index is 2.31. The van der Waals surface area contributed by atoms with Gasteiger partial charge >= 0.3 is 5.97 Å². The highest BCUT2D eigenvalue weighted by molar-refractivity contribution is 6.04. The number of Topliss-reactive ketones (excluding diaryl/α,β-unsaturated/α-hetero) is 1. The molecular formula is C16H18N4O6. The van der Waals surface area contributed by atoms with Crippen molar-refractivity contribution in [3.63, 3.8) is 0 Å². The first kappa shape index (κ1) is 19.0. The summed E-state index contributed by atoms with van der Waals surface area (Å²) in [5.74, 6) is -1.09. The SMILES string of the molecule is CCOC(=O)C(C)(C)C(=O)C(Oc1ccc([N+](=O)[O-])cc1)n1cncn1. The molecule has 0 aliphatic carbocycles. The minimum atomic E-state index is -1.49. The van der Waals surface area contributed by atoms with Crippen LogP contribution in [-0.2, 0) is 14.3 Å². The van der Waals surface area contributed by atoms with E-state index in [1.807, 2.05) is 0 Å². The van der Waals surface area contributed by atoms with E-state index in [4.69, 9.17) is 9.47 Å². The number of nitro groups is 1. The number of carbonyl (C=O) groups excluding carboxylic acids is 2. The van der Waals surface area contributed by atoms with Crippen molar-refractivity contribution in [2.75, 3.05) is 6.61 Å². The van der Waals surface area contributed by atoms with Crippen LogP contribution in [0.1, 0.15) is 27.0 Å². The van der Waals surface area contributed by atoms with E-state index in [2.05, 4.69) is 10.1 Å². The molecule has 0 N–H and O–H groups in total. The van der Waals surface area contributed by atoms with E-state index in [0.29, 0.717) is 0 Å². The van der Waals surface area contributed by atoms with E-state index in [1.54, 1.807) is 6.92 Å². The first-order chi connectivity index (χ1) is 12.3. The number of esters is 1. The Hall–Kier alpha value is -3.30. The van der Waals surface area contributed by atoms with E-state index >= 15 is 0 Å². The number of hydrogen-bond acceptors (Lipinski definition) is 8. The molecule has 1 unspecified atom stereocenters. The fraction of sp³-hybridized carbons (Fsp3) is 0.375. The summed E-state index contributed by atoms with van der Waals surface area (Å²) in [4.78, 5) is 39.0. The maximum atomic E-state index is 12.9. The number of nitro benzene ring substituents is 1. The molecule has 0 aliphatic rings. The third kappa shape index (κ3) is 4.02. The number of nitrogens with zero attached hydrogens (tertiary/aromatic N) is 4. The molecule has 0 fully saturated rings. The number of ether oxygens (including phenoxy) is 2. The summed E-state index contributed by atoms with van der Waals surface area (Å²) in [6, 6.07) is 5.20. The van der Waals surface area contributed by atoms with Crippen molar-refractivity contribution in [1.82, 2.24) is 14.8 Å². The zero-order valence-corrected chi connectivity index (χ0v) is 14.5. The lowest BCUT2D eigenvalue weighted by Crippen LogP contribution is -2.42. The van der Waals surface area contributed by atoms with Crippen LogP contribution < -0.4 is 4.74 Å². The Morgan fingerprint density at radius 2 is 1.96 bits per heavy atom. The molecule has 0 saturated carbocycles. The molecular weight excluding hydrogens is 344 g/mol. The summed E-state index contributed by atoms with van der Waals surface area (Å²) in [5.41, 5.74) is -1.61. The van der Waals surface area contributed by atoms with Gasteiger partial charge < -0.3 is 9.47 Å². The molecule has 138 valence electrons. The van der Waals surface area contributed by atoms with Gasteiger partial charge in [-0.2, -0.15) is 5.10 Å². The van der Waals surface area contributed by atoms with Crippen molar-refractivity contribution in [3.05, 3.63) is 47.0 Å². The first-order valence-corrected chi connectivity index (χ1v) is 7.74. The van der Waals surface area contributed by atoms with E-state index < -0.39 is 28.3 Å². The number of hydrogen-bond donors (Lipinski definition) is 0. The van der Waals surface area contributed by atoms with Crippen LogP contribution in [0.25, 0.3) is 0 Å². The minimum Gasteiger partial charge on any atom is -0.465 e. The smallest absolute Gasteiger partial charge is 0.319 e. The third-order valence-corrected chi connectivity index (χ3v) is 3.60. The molecule has 1 heterocycles. The number of aromatic nitrogens is 3. The Bertz CT molecular complexity index is 786. The minimum absolute atomic E-state index is 0.118. The summed E-state index contributed by atoms with van der Waals surface area (Å²) in [5, 5.41) is 14.6. The van der Waals surface area contributed by atoms with Gasteiger partial charge in [-0.05, 0) is 32.9 Å². The fourth-order valence-corrected chi connectivity index (χ4v) is 2.06. The molecule has 26 heavy (non-hydrogen) atoms. The van der Waals surface area contributed by atoms with Crippen LogP contribution >= 0.6 is 0 Å². The van der Waals surface area contributed by atoms with E-state index in [1.165, 1.54) is 50.8 Å². The molecule has 0 amide bonds. The van der Waals surface area contributed by atoms with E-state index in [-0.39, 0.29) is 18.0 Å². The second kappa shape index (κ2) is 7.72. The van der Waals surface area contributed by atoms with Gasteiger partial charge in [0.1, 0.15) is 23.8 Å². The number of ketones is 1. The summed E-state index contributed by atoms with van der Waals surface area (Å²) in [7, 11) is 0. The van der Waals surface area contributed by atoms with Crippen LogP contribution in [-0.4, -0.2) is 38.0 Å². The van der Waals surface area contributed by atoms with Crippen LogP contribution in [0, 0.1) is 15.5 Å². The van der Waals surface area contributed by atoms with Gasteiger partial charge in [0.25, 0.3) is 11.9 Å². The van der Waals surface area contributed by atoms with Crippen molar-refractivity contribution < 1.29 is 24.0 Å². The zero-order valence-electron chi connectivity index (χ0n) is 14.5. The summed E-state index contributed by atoms with van der Waals surface area (Å²) in [6.45, 7) is 4.63. The maximum absolute atomic E-state index is 12.9. The van der Waals surface area contributed by atoms with Crippen LogP contribution in [0.15, 0.2) is 36.9 Å². The number of rotatable bonds is 8. The number of non-ortho nitro benzene ring substituents is 1. The lowest BCUT2D eigenvalue weighted by atomic mass is 9.87. The molecule has 1 aromatic carbocycles. The summed E-state index contributed by atoms with van der Waals surface area (Å²) >= 11 is 0. The monoisotopic (exact) mass is 362 g/mol. The largest absolute Gasteiger partial charge is 0.465 e. The number of benzene rings is 1. The standard InChI is InChI=1S/C16H18N4O6/c1-4-25-15(22)16(2,3)13(21)14(19-10-17-9-18-19)26-12-7-5-11(6-8-12)20(23)24/h5-10,14H,4H2,1-3H3. The molecule has 0 radical (unpaired) electrons. The highest BCUT2D eigenvalue weighted by atomic mass is 16.6. The second-order valence-corrected chi connectivity index (χ2v) is 5.81. The highest BCUT2D eigenvalue weighted by Gasteiger charge is 2.43. The Morgan fingerprint density at radius 1 is 1.31 bits per heavy atom. The summed E-state index contributed by atoms with van der Waals surface area (Å²) in [6.07, 6.45) is 1.20. The Morgan fingerprint density at radius 3 is 2.46 bits per heavy atom. The molecule has 2 rings (SSSR count). The number of carbonyl (C=O) groups is 2. The fourth-order valence-electron chi connectivity index (χ4n) is 2.06. The molecule has 0 aliphatic heterocycles. The van der Waals surface area contributed by atoms with Crippen LogP contribution in [0.5, 0.6) is 5.75 Å². The molecule has 10 nitrogen and oxygen atoms in total. The molecule has 1 atom stereocenters. The molecule has 0 saturated heterocycles. The first-order valence-electron chi connectivity index (χ1n) is 7.74. The zero-order chi connectivity index (χ0) is 19.3. The van der Waals surface area contributed by atoms with Crippen molar-refractivity contribution in [1.29, 1.82) is 0 Å². The van der Waals surface area contributed by atoms with Crippen LogP contribution in [0.2, 0.25) is 0 Å². The molecule has 0 bridgehead atoms. The van der Waals surface area contributed by atoms with E-state index in [9.17, 15) is 19.7 Å². The maximum Gasteiger partial charge on any atom is 0.319 e. The van der Waals surface area contributed by atoms with Gasteiger partial charge in [-0.25, -0.2) is 9.67 Å². The van der Waals surface area contributed by atoms with Crippen molar-refractivity contribution in [2.24, 2.45) is 5.41 Å². The quantitative estimate of drug-likeness (QED) is 0.302. The normalized spacial score (nSPS) is 12.3. The predicted molar refractivity (Wildman–Crippen MR) is 88.2 cm³/mol. The average molecular weight is 362 g/mol. The van der Waals surface area contributed by atoms with Crippen LogP contribution in [0.4, 0.5) is 5.69 Å². The van der Waals surface area contributed by atoms with Gasteiger partial charge in [0.15, 0.2) is 0 Å². The van der Waals surface area contributed by atoms with E-state index in [0.717, 1.165) is 4.68 Å². The third-order valence-electron chi connectivity index (χ3n) is 3.60. The molecule has 1 aromatic heterocycles. The van der Waals surface area contributed by atoms with Gasteiger partial charge in [0.2, 0.25) is 5.78 Å². The highest BCUT2D eigenvalue weighted by Crippen LogP contribution is 2.28. The van der Waals surface area contributed by atoms with Crippen molar-refractivity contribution in [3.8, 4) is 5.75 Å². The van der Waals surface area contributed by atoms with Gasteiger partial charge in [-0.1, -0.05) is 0 Å². The molecule has 2 aromatic rings. The Labute approximate surface area is 148 Å². The molecule has 0 spiro atoms. The van der Waals surface area contributed by atoms with Gasteiger partial charge in [-0.15, -0.1) is 0 Å². The van der Waals surface area contributed by atoms with Gasteiger partial charge in [0.05, 0.1) is 11.5 Å². The molecule has 10 heteroatoms. The second-order valence-electron chi connectivity index (χ2n) is 5.81.